The summed E-state index contributed by atoms with van der Waals surface area (Å²) < 4.78 is 5.18. The van der Waals surface area contributed by atoms with Crippen LogP contribution in [0.1, 0.15) is 26.5 Å². The van der Waals surface area contributed by atoms with Crippen LogP contribution in [0, 0.1) is 0 Å². The summed E-state index contributed by atoms with van der Waals surface area (Å²) in [5.74, 6) is 0.540. The van der Waals surface area contributed by atoms with Gasteiger partial charge >= 0.3 is 6.09 Å². The highest BCUT2D eigenvalue weighted by Crippen LogP contribution is 2.08. The zero-order chi connectivity index (χ0) is 12.9. The Balaban J connectivity index is 2.44. The fraction of sp³-hybridized carbons (Fsp3) is 0.636. The monoisotopic (exact) mass is 257 g/mol. The maximum Gasteiger partial charge on any atom is 0.407 e. The summed E-state index contributed by atoms with van der Waals surface area (Å²) in [5, 5.41) is 9.48. The van der Waals surface area contributed by atoms with Gasteiger partial charge in [-0.15, -0.1) is 0 Å². The van der Waals surface area contributed by atoms with Crippen molar-refractivity contribution in [1.82, 2.24) is 15.5 Å². The molecule has 1 amide bonds. The van der Waals surface area contributed by atoms with Crippen molar-refractivity contribution in [1.29, 1.82) is 0 Å². The number of amides is 1. The number of carbonyl (C=O) groups is 1. The minimum absolute atomic E-state index is 0.0753. The van der Waals surface area contributed by atoms with Crippen LogP contribution in [0.25, 0.3) is 0 Å². The standard InChI is InChI=1S/C11H19N3O2S/c1-11(2,3)16-10(15)13-9(7-17)6-8-4-5-12-14-8/h4-5,9,17H,6-7H2,1-3H3,(H,12,14)(H,13,15). The number of aromatic nitrogens is 2. The molecule has 2 N–H and O–H groups in total. The third-order valence-electron chi connectivity index (χ3n) is 1.97. The molecule has 1 aromatic heterocycles. The van der Waals surface area contributed by atoms with E-state index < -0.39 is 11.7 Å². The van der Waals surface area contributed by atoms with Crippen LogP contribution in [0.4, 0.5) is 4.79 Å². The maximum absolute atomic E-state index is 11.6. The lowest BCUT2D eigenvalue weighted by molar-refractivity contribution is 0.0509. The molecule has 0 bridgehead atoms. The first-order valence-electron chi connectivity index (χ1n) is 5.49. The molecule has 96 valence electrons. The Morgan fingerprint density at radius 1 is 1.65 bits per heavy atom. The first-order valence-corrected chi connectivity index (χ1v) is 6.12. The highest BCUT2D eigenvalue weighted by Gasteiger charge is 2.19. The summed E-state index contributed by atoms with van der Waals surface area (Å²) in [7, 11) is 0. The number of hydrogen-bond donors (Lipinski definition) is 3. The van der Waals surface area contributed by atoms with E-state index in [4.69, 9.17) is 4.74 Å². The molecule has 1 heterocycles. The van der Waals surface area contributed by atoms with Crippen LogP contribution < -0.4 is 5.32 Å². The number of carbonyl (C=O) groups excluding carboxylic acids is 1. The van der Waals surface area contributed by atoms with Gasteiger partial charge in [0.15, 0.2) is 0 Å². The van der Waals surface area contributed by atoms with E-state index in [1.54, 1.807) is 6.20 Å². The molecule has 0 aliphatic carbocycles. The number of hydrogen-bond acceptors (Lipinski definition) is 4. The maximum atomic E-state index is 11.6. The molecule has 1 aromatic rings. The summed E-state index contributed by atoms with van der Waals surface area (Å²) in [6, 6.07) is 1.79. The predicted octanol–water partition coefficient (Wildman–Crippen LogP) is 1.78. The number of rotatable bonds is 4. The van der Waals surface area contributed by atoms with E-state index in [-0.39, 0.29) is 6.04 Å². The second kappa shape index (κ2) is 5.95. The Morgan fingerprint density at radius 2 is 2.35 bits per heavy atom. The molecule has 0 saturated heterocycles. The van der Waals surface area contributed by atoms with Crippen LogP contribution >= 0.6 is 12.6 Å². The molecule has 6 heteroatoms. The van der Waals surface area contributed by atoms with E-state index in [1.165, 1.54) is 0 Å². The van der Waals surface area contributed by atoms with Crippen molar-refractivity contribution < 1.29 is 9.53 Å². The minimum atomic E-state index is -0.487. The SMILES string of the molecule is CC(C)(C)OC(=O)NC(CS)Cc1ccn[nH]1. The zero-order valence-corrected chi connectivity index (χ0v) is 11.3. The van der Waals surface area contributed by atoms with E-state index in [2.05, 4.69) is 28.1 Å². The molecule has 1 atom stereocenters. The molecule has 1 rings (SSSR count). The Hall–Kier alpha value is -1.17. The van der Waals surface area contributed by atoms with E-state index in [9.17, 15) is 4.79 Å². The fourth-order valence-electron chi connectivity index (χ4n) is 1.30. The molecule has 0 aromatic carbocycles. The van der Waals surface area contributed by atoms with Crippen molar-refractivity contribution in [3.05, 3.63) is 18.0 Å². The molecule has 0 aliphatic rings. The third kappa shape index (κ3) is 5.63. The largest absolute Gasteiger partial charge is 0.444 e. The van der Waals surface area contributed by atoms with E-state index in [0.717, 1.165) is 5.69 Å². The van der Waals surface area contributed by atoms with Gasteiger partial charge in [-0.3, -0.25) is 5.10 Å². The molecule has 0 fully saturated rings. The van der Waals surface area contributed by atoms with E-state index in [1.807, 2.05) is 26.8 Å². The molecule has 17 heavy (non-hydrogen) atoms. The van der Waals surface area contributed by atoms with Gasteiger partial charge in [0.05, 0.1) is 0 Å². The average molecular weight is 257 g/mol. The van der Waals surface area contributed by atoms with Crippen LogP contribution in [0.15, 0.2) is 12.3 Å². The van der Waals surface area contributed by atoms with Crippen LogP contribution in [0.3, 0.4) is 0 Å². The summed E-state index contributed by atoms with van der Waals surface area (Å²) in [4.78, 5) is 11.6. The van der Waals surface area contributed by atoms with E-state index in [0.29, 0.717) is 12.2 Å². The van der Waals surface area contributed by atoms with Crippen molar-refractivity contribution in [2.24, 2.45) is 0 Å². The lowest BCUT2D eigenvalue weighted by Crippen LogP contribution is -2.41. The average Bonchev–Trinajstić information content (AvgIpc) is 2.66. The highest BCUT2D eigenvalue weighted by molar-refractivity contribution is 7.80. The van der Waals surface area contributed by atoms with Gasteiger partial charge in [0.1, 0.15) is 5.60 Å². The summed E-state index contributed by atoms with van der Waals surface area (Å²) in [6.45, 7) is 5.49. The Morgan fingerprint density at radius 3 is 2.82 bits per heavy atom. The molecule has 0 spiro atoms. The molecule has 0 aliphatic heterocycles. The first kappa shape index (κ1) is 13.9. The molecule has 0 radical (unpaired) electrons. The molecular formula is C11H19N3O2S. The number of H-pyrrole nitrogens is 1. The number of nitrogens with one attached hydrogen (secondary N) is 2. The topological polar surface area (TPSA) is 67.0 Å². The van der Waals surface area contributed by atoms with Gasteiger partial charge < -0.3 is 10.1 Å². The van der Waals surface area contributed by atoms with Crippen molar-refractivity contribution >= 4 is 18.7 Å². The van der Waals surface area contributed by atoms with Crippen molar-refractivity contribution in [2.45, 2.75) is 38.8 Å². The van der Waals surface area contributed by atoms with Crippen molar-refractivity contribution in [3.63, 3.8) is 0 Å². The summed E-state index contributed by atoms with van der Waals surface area (Å²) in [6.07, 6.45) is 1.91. The minimum Gasteiger partial charge on any atom is -0.444 e. The van der Waals surface area contributed by atoms with Gasteiger partial charge in [0.2, 0.25) is 0 Å². The van der Waals surface area contributed by atoms with Gasteiger partial charge in [-0.05, 0) is 26.8 Å². The molecular weight excluding hydrogens is 238 g/mol. The third-order valence-corrected chi connectivity index (χ3v) is 2.41. The highest BCUT2D eigenvalue weighted by atomic mass is 32.1. The van der Waals surface area contributed by atoms with Crippen LogP contribution in [0.5, 0.6) is 0 Å². The predicted molar refractivity (Wildman–Crippen MR) is 69.3 cm³/mol. The molecule has 5 nitrogen and oxygen atoms in total. The Bertz CT molecular complexity index is 346. The quantitative estimate of drug-likeness (QED) is 0.720. The number of ether oxygens (including phenoxy) is 1. The Labute approximate surface area is 107 Å². The van der Waals surface area contributed by atoms with Gasteiger partial charge in [-0.25, -0.2) is 4.79 Å². The van der Waals surface area contributed by atoms with Gasteiger partial charge in [-0.2, -0.15) is 17.7 Å². The summed E-state index contributed by atoms with van der Waals surface area (Å²) in [5.41, 5.74) is 0.472. The molecule has 0 saturated carbocycles. The van der Waals surface area contributed by atoms with Crippen molar-refractivity contribution in [3.8, 4) is 0 Å². The van der Waals surface area contributed by atoms with Crippen molar-refractivity contribution in [2.75, 3.05) is 5.75 Å². The second-order valence-corrected chi connectivity index (χ2v) is 5.18. The normalized spacial score (nSPS) is 13.2. The lowest BCUT2D eigenvalue weighted by Gasteiger charge is -2.22. The smallest absolute Gasteiger partial charge is 0.407 e. The lowest BCUT2D eigenvalue weighted by atomic mass is 10.2. The fourth-order valence-corrected chi connectivity index (χ4v) is 1.52. The van der Waals surface area contributed by atoms with Crippen LogP contribution in [-0.2, 0) is 11.2 Å². The number of thiol groups is 1. The van der Waals surface area contributed by atoms with Gasteiger partial charge in [-0.1, -0.05) is 0 Å². The number of nitrogens with zero attached hydrogens (tertiary/aromatic N) is 1. The second-order valence-electron chi connectivity index (χ2n) is 4.81. The Kier molecular flexibility index (Phi) is 4.86. The zero-order valence-electron chi connectivity index (χ0n) is 10.4. The first-order chi connectivity index (χ1) is 7.90. The van der Waals surface area contributed by atoms with E-state index >= 15 is 0 Å². The van der Waals surface area contributed by atoms with Gasteiger partial charge in [0.25, 0.3) is 0 Å². The molecule has 1 unspecified atom stereocenters. The summed E-state index contributed by atoms with van der Waals surface area (Å²) >= 11 is 4.21. The number of aromatic amines is 1. The van der Waals surface area contributed by atoms with Gasteiger partial charge in [0, 0.05) is 30.1 Å². The van der Waals surface area contributed by atoms with Crippen LogP contribution in [0.2, 0.25) is 0 Å². The van der Waals surface area contributed by atoms with Crippen LogP contribution in [-0.4, -0.2) is 33.7 Å². The number of alkyl carbamates (subject to hydrolysis) is 1.